The van der Waals surface area contributed by atoms with E-state index in [-0.39, 0.29) is 23.9 Å². The SMILES string of the molecule is Cc1noc(C)c1S(=O)(=O)N1CCN(C(=O)c2c(-n3cccc3)sc3c2CCCC3)CC1. The Labute approximate surface area is 191 Å². The van der Waals surface area contributed by atoms with Gasteiger partial charge in [-0.1, -0.05) is 5.16 Å². The first-order chi connectivity index (χ1) is 15.4. The molecule has 0 saturated carbocycles. The number of carbonyl (C=O) groups is 1. The smallest absolute Gasteiger partial charge is 0.257 e. The number of sulfonamides is 1. The van der Waals surface area contributed by atoms with Gasteiger partial charge in [-0.15, -0.1) is 11.3 Å². The first-order valence-corrected chi connectivity index (χ1v) is 13.1. The third-order valence-corrected chi connectivity index (χ3v) is 9.75. The van der Waals surface area contributed by atoms with Crippen molar-refractivity contribution in [3.8, 4) is 5.00 Å². The Balaban J connectivity index is 1.39. The Hall–Kier alpha value is -2.43. The first-order valence-electron chi connectivity index (χ1n) is 10.9. The summed E-state index contributed by atoms with van der Waals surface area (Å²) in [4.78, 5) is 16.9. The highest BCUT2D eigenvalue weighted by Gasteiger charge is 2.36. The summed E-state index contributed by atoms with van der Waals surface area (Å²) in [5.41, 5.74) is 2.34. The van der Waals surface area contributed by atoms with E-state index in [2.05, 4.69) is 5.16 Å². The molecule has 0 radical (unpaired) electrons. The van der Waals surface area contributed by atoms with Crippen molar-refractivity contribution < 1.29 is 17.7 Å². The van der Waals surface area contributed by atoms with Gasteiger partial charge in [0.1, 0.15) is 15.6 Å². The van der Waals surface area contributed by atoms with Crippen LogP contribution in [0.4, 0.5) is 0 Å². The molecule has 2 aliphatic rings. The highest BCUT2D eigenvalue weighted by Crippen LogP contribution is 2.38. The number of hydrogen-bond donors (Lipinski definition) is 0. The second-order valence-corrected chi connectivity index (χ2v) is 11.3. The summed E-state index contributed by atoms with van der Waals surface area (Å²) in [7, 11) is -3.70. The number of aryl methyl sites for hydroxylation is 3. The van der Waals surface area contributed by atoms with Gasteiger partial charge in [0.25, 0.3) is 5.91 Å². The van der Waals surface area contributed by atoms with Gasteiger partial charge in [-0.2, -0.15) is 4.31 Å². The van der Waals surface area contributed by atoms with Gasteiger partial charge in [-0.25, -0.2) is 8.42 Å². The summed E-state index contributed by atoms with van der Waals surface area (Å²) in [6.07, 6.45) is 8.15. The zero-order chi connectivity index (χ0) is 22.5. The molecule has 1 saturated heterocycles. The Bertz CT molecular complexity index is 1230. The Kier molecular flexibility index (Phi) is 5.47. The van der Waals surface area contributed by atoms with Crippen LogP contribution in [0.25, 0.3) is 5.00 Å². The van der Waals surface area contributed by atoms with Crippen molar-refractivity contribution in [1.29, 1.82) is 0 Å². The van der Waals surface area contributed by atoms with Gasteiger partial charge < -0.3 is 14.0 Å². The summed E-state index contributed by atoms with van der Waals surface area (Å²) in [6, 6.07) is 3.93. The molecule has 3 aromatic rings. The Morgan fingerprint density at radius 2 is 1.75 bits per heavy atom. The van der Waals surface area contributed by atoms with Crippen molar-refractivity contribution >= 4 is 27.3 Å². The standard InChI is InChI=1S/C22H26N4O4S2/c1-15-20(16(2)30-23-15)32(28,29)26-13-11-24(12-14-26)21(27)19-17-7-3-4-8-18(17)31-22(19)25-9-5-6-10-25/h5-6,9-10H,3-4,7-8,11-14H2,1-2H3. The van der Waals surface area contributed by atoms with Crippen LogP contribution in [-0.2, 0) is 22.9 Å². The fraction of sp³-hybridized carbons (Fsp3) is 0.455. The molecular formula is C22H26N4O4S2. The van der Waals surface area contributed by atoms with Crippen LogP contribution < -0.4 is 0 Å². The van der Waals surface area contributed by atoms with E-state index in [9.17, 15) is 13.2 Å². The number of rotatable bonds is 4. The minimum Gasteiger partial charge on any atom is -0.360 e. The molecule has 0 bridgehead atoms. The second kappa shape index (κ2) is 8.17. The molecule has 1 aliphatic carbocycles. The monoisotopic (exact) mass is 474 g/mol. The number of piperazine rings is 1. The van der Waals surface area contributed by atoms with Gasteiger partial charge >= 0.3 is 0 Å². The molecule has 170 valence electrons. The topological polar surface area (TPSA) is 88.7 Å². The normalized spacial score (nSPS) is 17.5. The van der Waals surface area contributed by atoms with Crippen LogP contribution in [0.2, 0.25) is 0 Å². The van der Waals surface area contributed by atoms with Gasteiger partial charge in [-0.05, 0) is 57.2 Å². The number of carbonyl (C=O) groups excluding carboxylic acids is 1. The van der Waals surface area contributed by atoms with Crippen LogP contribution in [0.5, 0.6) is 0 Å². The molecule has 0 atom stereocenters. The molecule has 8 nitrogen and oxygen atoms in total. The number of aromatic nitrogens is 2. The molecule has 4 heterocycles. The van der Waals surface area contributed by atoms with Crippen molar-refractivity contribution in [1.82, 2.24) is 18.9 Å². The van der Waals surface area contributed by atoms with E-state index in [0.29, 0.717) is 24.5 Å². The molecule has 0 aromatic carbocycles. The van der Waals surface area contributed by atoms with Gasteiger partial charge in [-0.3, -0.25) is 4.79 Å². The van der Waals surface area contributed by atoms with Crippen molar-refractivity contribution in [3.63, 3.8) is 0 Å². The fourth-order valence-corrected chi connectivity index (χ4v) is 7.75. The van der Waals surface area contributed by atoms with Crippen molar-refractivity contribution in [2.45, 2.75) is 44.4 Å². The molecule has 10 heteroatoms. The van der Waals surface area contributed by atoms with Crippen LogP contribution in [0.15, 0.2) is 33.9 Å². The van der Waals surface area contributed by atoms with Crippen LogP contribution in [0.3, 0.4) is 0 Å². The van der Waals surface area contributed by atoms with E-state index in [0.717, 1.165) is 36.2 Å². The fourth-order valence-electron chi connectivity index (χ4n) is 4.69. The molecule has 1 amide bonds. The average molecular weight is 475 g/mol. The summed E-state index contributed by atoms with van der Waals surface area (Å²) in [6.45, 7) is 4.46. The lowest BCUT2D eigenvalue weighted by molar-refractivity contribution is 0.0697. The largest absolute Gasteiger partial charge is 0.360 e. The Morgan fingerprint density at radius 1 is 1.06 bits per heavy atom. The minimum atomic E-state index is -3.70. The van der Waals surface area contributed by atoms with Crippen LogP contribution >= 0.6 is 11.3 Å². The Morgan fingerprint density at radius 3 is 2.41 bits per heavy atom. The van der Waals surface area contributed by atoms with Crippen LogP contribution in [0, 0.1) is 13.8 Å². The number of amides is 1. The molecule has 3 aromatic heterocycles. The summed E-state index contributed by atoms with van der Waals surface area (Å²) in [5, 5.41) is 4.75. The van der Waals surface area contributed by atoms with Crippen molar-refractivity contribution in [3.05, 3.63) is 52.0 Å². The van der Waals surface area contributed by atoms with E-state index in [1.54, 1.807) is 30.1 Å². The number of hydrogen-bond acceptors (Lipinski definition) is 6. The predicted molar refractivity (Wildman–Crippen MR) is 121 cm³/mol. The molecule has 0 N–H and O–H groups in total. The molecule has 5 rings (SSSR count). The molecule has 0 unspecified atom stereocenters. The van der Waals surface area contributed by atoms with Gasteiger partial charge in [0.05, 0.1) is 5.56 Å². The molecular weight excluding hydrogens is 448 g/mol. The van der Waals surface area contributed by atoms with Gasteiger partial charge in [0.15, 0.2) is 5.76 Å². The van der Waals surface area contributed by atoms with Gasteiger partial charge in [0.2, 0.25) is 10.0 Å². The third-order valence-electron chi connectivity index (χ3n) is 6.30. The quantitative estimate of drug-likeness (QED) is 0.580. The predicted octanol–water partition coefficient (Wildman–Crippen LogP) is 3.17. The summed E-state index contributed by atoms with van der Waals surface area (Å²) < 4.78 is 34.7. The molecule has 1 aliphatic heterocycles. The minimum absolute atomic E-state index is 0.00230. The number of nitrogens with zero attached hydrogens (tertiary/aromatic N) is 4. The van der Waals surface area contributed by atoms with E-state index in [4.69, 9.17) is 4.52 Å². The number of thiophene rings is 1. The maximum Gasteiger partial charge on any atom is 0.257 e. The van der Waals surface area contributed by atoms with Crippen LogP contribution in [-0.4, -0.2) is 59.4 Å². The highest BCUT2D eigenvalue weighted by atomic mass is 32.2. The number of fused-ring (bicyclic) bond motifs is 1. The zero-order valence-electron chi connectivity index (χ0n) is 18.2. The zero-order valence-corrected chi connectivity index (χ0v) is 19.8. The first kappa shape index (κ1) is 21.4. The van der Waals surface area contributed by atoms with Crippen molar-refractivity contribution in [2.24, 2.45) is 0 Å². The maximum atomic E-state index is 13.7. The average Bonchev–Trinajstić information content (AvgIpc) is 3.52. The van der Waals surface area contributed by atoms with E-state index < -0.39 is 10.0 Å². The van der Waals surface area contributed by atoms with E-state index in [1.165, 1.54) is 14.7 Å². The summed E-state index contributed by atoms with van der Waals surface area (Å²) in [5.74, 6) is 0.296. The summed E-state index contributed by atoms with van der Waals surface area (Å²) >= 11 is 1.71. The van der Waals surface area contributed by atoms with E-state index >= 15 is 0 Å². The van der Waals surface area contributed by atoms with Crippen molar-refractivity contribution in [2.75, 3.05) is 26.2 Å². The molecule has 0 spiro atoms. The second-order valence-electron chi connectivity index (χ2n) is 8.33. The lowest BCUT2D eigenvalue weighted by Gasteiger charge is -2.34. The maximum absolute atomic E-state index is 13.7. The molecule has 1 fully saturated rings. The molecule has 32 heavy (non-hydrogen) atoms. The van der Waals surface area contributed by atoms with E-state index in [1.807, 2.05) is 29.1 Å². The third kappa shape index (κ3) is 3.50. The van der Waals surface area contributed by atoms with Crippen LogP contribution in [0.1, 0.15) is 45.1 Å². The lowest BCUT2D eigenvalue weighted by atomic mass is 9.95. The van der Waals surface area contributed by atoms with Gasteiger partial charge in [0, 0.05) is 43.4 Å². The highest BCUT2D eigenvalue weighted by molar-refractivity contribution is 7.89. The lowest BCUT2D eigenvalue weighted by Crippen LogP contribution is -2.50.